The number of rotatable bonds is 5. The molecule has 2 amide bonds. The van der Waals surface area contributed by atoms with Crippen molar-refractivity contribution in [1.82, 2.24) is 0 Å². The van der Waals surface area contributed by atoms with Crippen LogP contribution in [-0.4, -0.2) is 31.3 Å². The van der Waals surface area contributed by atoms with Gasteiger partial charge >= 0.3 is 0 Å². The second-order valence-corrected chi connectivity index (χ2v) is 6.23. The van der Waals surface area contributed by atoms with E-state index >= 15 is 0 Å². The Morgan fingerprint density at radius 3 is 2.65 bits per heavy atom. The van der Waals surface area contributed by atoms with Crippen molar-refractivity contribution in [3.05, 3.63) is 54.1 Å². The molecule has 0 spiro atoms. The standard InChI is InChI=1S/C20H20N2O4/c1-13(23)14-5-3-6-16(9-14)21-20(25)15-10-19(24)22(12-15)17-7-4-8-18(11-17)26-2/h3-9,11,15H,10,12H2,1-2H3,(H,21,25). The van der Waals surface area contributed by atoms with Crippen LogP contribution in [0.25, 0.3) is 0 Å². The zero-order valence-electron chi connectivity index (χ0n) is 14.7. The minimum atomic E-state index is -0.449. The van der Waals surface area contributed by atoms with Crippen molar-refractivity contribution in [2.24, 2.45) is 5.92 Å². The molecular weight excluding hydrogens is 332 g/mol. The van der Waals surface area contributed by atoms with Crippen molar-refractivity contribution in [3.63, 3.8) is 0 Å². The fourth-order valence-electron chi connectivity index (χ4n) is 2.97. The highest BCUT2D eigenvalue weighted by Gasteiger charge is 2.35. The topological polar surface area (TPSA) is 75.7 Å². The van der Waals surface area contributed by atoms with E-state index in [0.29, 0.717) is 29.2 Å². The van der Waals surface area contributed by atoms with E-state index in [-0.39, 0.29) is 24.0 Å². The Kier molecular flexibility index (Phi) is 5.02. The van der Waals surface area contributed by atoms with Crippen molar-refractivity contribution in [2.75, 3.05) is 23.9 Å². The Labute approximate surface area is 151 Å². The molecule has 6 heteroatoms. The lowest BCUT2D eigenvalue weighted by Gasteiger charge is -2.17. The van der Waals surface area contributed by atoms with E-state index in [1.807, 2.05) is 12.1 Å². The van der Waals surface area contributed by atoms with Crippen LogP contribution in [0.1, 0.15) is 23.7 Å². The summed E-state index contributed by atoms with van der Waals surface area (Å²) < 4.78 is 5.19. The first-order chi connectivity index (χ1) is 12.5. The highest BCUT2D eigenvalue weighted by Crippen LogP contribution is 2.28. The molecule has 0 aromatic heterocycles. The average Bonchev–Trinajstić information content (AvgIpc) is 3.04. The molecule has 0 bridgehead atoms. The third-order valence-corrected chi connectivity index (χ3v) is 4.40. The molecule has 0 radical (unpaired) electrons. The number of benzene rings is 2. The lowest BCUT2D eigenvalue weighted by Crippen LogP contribution is -2.28. The number of ketones is 1. The Hall–Kier alpha value is -3.15. The second kappa shape index (κ2) is 7.39. The molecular formula is C20H20N2O4. The summed E-state index contributed by atoms with van der Waals surface area (Å²) in [7, 11) is 1.57. The highest BCUT2D eigenvalue weighted by atomic mass is 16.5. The summed E-state index contributed by atoms with van der Waals surface area (Å²) in [6, 6.07) is 14.0. The van der Waals surface area contributed by atoms with Gasteiger partial charge in [-0.05, 0) is 31.2 Å². The van der Waals surface area contributed by atoms with Crippen LogP contribution in [0, 0.1) is 5.92 Å². The van der Waals surface area contributed by atoms with Crippen LogP contribution in [0.5, 0.6) is 5.75 Å². The van der Waals surface area contributed by atoms with Crippen LogP contribution in [-0.2, 0) is 9.59 Å². The van der Waals surface area contributed by atoms with E-state index in [1.165, 1.54) is 6.92 Å². The van der Waals surface area contributed by atoms with Crippen molar-refractivity contribution in [2.45, 2.75) is 13.3 Å². The molecule has 6 nitrogen and oxygen atoms in total. The molecule has 2 aromatic carbocycles. The Bertz CT molecular complexity index is 862. The van der Waals surface area contributed by atoms with Gasteiger partial charge in [0.2, 0.25) is 11.8 Å². The molecule has 134 valence electrons. The Balaban J connectivity index is 1.71. The van der Waals surface area contributed by atoms with Gasteiger partial charge in [0.15, 0.2) is 5.78 Å². The van der Waals surface area contributed by atoms with E-state index in [4.69, 9.17) is 4.74 Å². The number of ether oxygens (including phenoxy) is 1. The first-order valence-electron chi connectivity index (χ1n) is 8.34. The van der Waals surface area contributed by atoms with Gasteiger partial charge in [-0.3, -0.25) is 14.4 Å². The predicted molar refractivity (Wildman–Crippen MR) is 98.5 cm³/mol. The summed E-state index contributed by atoms with van der Waals surface area (Å²) in [6.45, 7) is 1.78. The van der Waals surface area contributed by atoms with Gasteiger partial charge in [0, 0.05) is 36.0 Å². The van der Waals surface area contributed by atoms with E-state index < -0.39 is 5.92 Å². The van der Waals surface area contributed by atoms with Crippen molar-refractivity contribution < 1.29 is 19.1 Å². The molecule has 1 unspecified atom stereocenters. The van der Waals surface area contributed by atoms with Crippen LogP contribution in [0.3, 0.4) is 0 Å². The minimum Gasteiger partial charge on any atom is -0.497 e. The molecule has 1 fully saturated rings. The third-order valence-electron chi connectivity index (χ3n) is 4.40. The van der Waals surface area contributed by atoms with Gasteiger partial charge in [-0.25, -0.2) is 0 Å². The van der Waals surface area contributed by atoms with Gasteiger partial charge in [-0.1, -0.05) is 18.2 Å². The molecule has 1 aliphatic heterocycles. The molecule has 0 saturated carbocycles. The summed E-state index contributed by atoms with van der Waals surface area (Å²) >= 11 is 0. The average molecular weight is 352 g/mol. The first kappa shape index (κ1) is 17.7. The maximum Gasteiger partial charge on any atom is 0.229 e. The summed E-state index contributed by atoms with van der Waals surface area (Å²) in [5.41, 5.74) is 1.79. The molecule has 1 atom stereocenters. The molecule has 2 aromatic rings. The van der Waals surface area contributed by atoms with Crippen molar-refractivity contribution in [3.8, 4) is 5.75 Å². The second-order valence-electron chi connectivity index (χ2n) is 6.23. The Morgan fingerprint density at radius 2 is 1.92 bits per heavy atom. The largest absolute Gasteiger partial charge is 0.497 e. The van der Waals surface area contributed by atoms with Crippen LogP contribution >= 0.6 is 0 Å². The maximum absolute atomic E-state index is 12.5. The number of hydrogen-bond acceptors (Lipinski definition) is 4. The zero-order valence-corrected chi connectivity index (χ0v) is 14.7. The number of hydrogen-bond donors (Lipinski definition) is 1. The number of nitrogens with one attached hydrogen (secondary N) is 1. The number of Topliss-reactive ketones (excluding diaryl/α,β-unsaturated/α-hetero) is 1. The van der Waals surface area contributed by atoms with Crippen LogP contribution in [0.2, 0.25) is 0 Å². The van der Waals surface area contributed by atoms with Crippen LogP contribution in [0.15, 0.2) is 48.5 Å². The fourth-order valence-corrected chi connectivity index (χ4v) is 2.97. The van der Waals surface area contributed by atoms with Crippen LogP contribution in [0.4, 0.5) is 11.4 Å². The quantitative estimate of drug-likeness (QED) is 0.840. The number of methoxy groups -OCH3 is 1. The fraction of sp³-hybridized carbons (Fsp3) is 0.250. The molecule has 26 heavy (non-hydrogen) atoms. The number of nitrogens with zero attached hydrogens (tertiary/aromatic N) is 1. The van der Waals surface area contributed by atoms with Crippen LogP contribution < -0.4 is 15.0 Å². The lowest BCUT2D eigenvalue weighted by atomic mass is 10.1. The lowest BCUT2D eigenvalue weighted by molar-refractivity contribution is -0.122. The number of carbonyl (C=O) groups is 3. The van der Waals surface area contributed by atoms with E-state index in [1.54, 1.807) is 48.4 Å². The summed E-state index contributed by atoms with van der Waals surface area (Å²) in [6.07, 6.45) is 0.148. The number of carbonyl (C=O) groups excluding carboxylic acids is 3. The van der Waals surface area contributed by atoms with E-state index in [2.05, 4.69) is 5.32 Å². The molecule has 1 aliphatic rings. The predicted octanol–water partition coefficient (Wildman–Crippen LogP) is 2.89. The highest BCUT2D eigenvalue weighted by molar-refractivity contribution is 6.04. The van der Waals surface area contributed by atoms with Gasteiger partial charge in [0.05, 0.1) is 13.0 Å². The summed E-state index contributed by atoms with van der Waals surface area (Å²) in [5, 5.41) is 2.80. The molecule has 3 rings (SSSR count). The van der Waals surface area contributed by atoms with Gasteiger partial charge in [-0.15, -0.1) is 0 Å². The minimum absolute atomic E-state index is 0.0682. The first-order valence-corrected chi connectivity index (χ1v) is 8.34. The van der Waals surface area contributed by atoms with Crippen molar-refractivity contribution >= 4 is 29.0 Å². The number of anilines is 2. The van der Waals surface area contributed by atoms with Gasteiger partial charge in [-0.2, -0.15) is 0 Å². The summed E-state index contributed by atoms with van der Waals surface area (Å²) in [4.78, 5) is 37.9. The Morgan fingerprint density at radius 1 is 1.15 bits per heavy atom. The van der Waals surface area contributed by atoms with Crippen molar-refractivity contribution in [1.29, 1.82) is 0 Å². The molecule has 0 aliphatic carbocycles. The number of amides is 2. The monoisotopic (exact) mass is 352 g/mol. The SMILES string of the molecule is COc1cccc(N2CC(C(=O)Nc3cccc(C(C)=O)c3)CC2=O)c1. The van der Waals surface area contributed by atoms with Gasteiger partial charge < -0.3 is 15.0 Å². The zero-order chi connectivity index (χ0) is 18.7. The molecule has 1 heterocycles. The maximum atomic E-state index is 12.5. The smallest absolute Gasteiger partial charge is 0.229 e. The summed E-state index contributed by atoms with van der Waals surface area (Å²) in [5.74, 6) is -0.194. The third kappa shape index (κ3) is 3.74. The normalized spacial score (nSPS) is 16.5. The van der Waals surface area contributed by atoms with E-state index in [9.17, 15) is 14.4 Å². The molecule has 1 saturated heterocycles. The van der Waals surface area contributed by atoms with Gasteiger partial charge in [0.1, 0.15) is 5.75 Å². The van der Waals surface area contributed by atoms with E-state index in [0.717, 1.165) is 0 Å². The van der Waals surface area contributed by atoms with Gasteiger partial charge in [0.25, 0.3) is 0 Å². The molecule has 1 N–H and O–H groups in total.